The number of hydrogen-bond donors (Lipinski definition) is 1. The quantitative estimate of drug-likeness (QED) is 0.415. The van der Waals surface area contributed by atoms with Gasteiger partial charge in [0.15, 0.2) is 17.5 Å². The molecule has 0 aliphatic carbocycles. The number of aryl methyl sites for hydroxylation is 1. The molecule has 1 aromatic carbocycles. The monoisotopic (exact) mass is 472 g/mol. The molecular weight excluding hydrogens is 452 g/mol. The second-order valence-corrected chi connectivity index (χ2v) is 8.88. The van der Waals surface area contributed by atoms with E-state index in [1.165, 1.54) is 0 Å². The van der Waals surface area contributed by atoms with Gasteiger partial charge >= 0.3 is 0 Å². The van der Waals surface area contributed by atoms with Crippen molar-refractivity contribution in [3.63, 3.8) is 0 Å². The van der Waals surface area contributed by atoms with Crippen LogP contribution in [0.4, 0.5) is 11.8 Å². The Kier molecular flexibility index (Phi) is 5.08. The van der Waals surface area contributed by atoms with E-state index >= 15 is 0 Å². The summed E-state index contributed by atoms with van der Waals surface area (Å²) in [5, 5.41) is 11.8. The number of tetrazole rings is 1. The molecule has 12 heteroatoms. The minimum Gasteiger partial charge on any atom is -0.378 e. The van der Waals surface area contributed by atoms with Crippen LogP contribution in [0, 0.1) is 0 Å². The van der Waals surface area contributed by atoms with Crippen LogP contribution in [0.3, 0.4) is 0 Å². The van der Waals surface area contributed by atoms with Crippen molar-refractivity contribution in [3.05, 3.63) is 42.7 Å². The first-order valence-corrected chi connectivity index (χ1v) is 11.5. The first-order chi connectivity index (χ1) is 16.7. The van der Waals surface area contributed by atoms with E-state index in [2.05, 4.69) is 48.6 Å². The third-order valence-corrected chi connectivity index (χ3v) is 6.79. The van der Waals surface area contributed by atoms with Gasteiger partial charge in [0.2, 0.25) is 5.95 Å². The Bertz CT molecular complexity index is 1470. The van der Waals surface area contributed by atoms with Gasteiger partial charge in [-0.15, -0.1) is 16.4 Å². The fraction of sp³-hybridized carbons (Fsp3) is 0.227. The zero-order valence-electron chi connectivity index (χ0n) is 18.3. The Labute approximate surface area is 198 Å². The third kappa shape index (κ3) is 3.72. The number of nitrogens with two attached hydrogens (primary N) is 1. The van der Waals surface area contributed by atoms with Gasteiger partial charge in [0, 0.05) is 43.0 Å². The summed E-state index contributed by atoms with van der Waals surface area (Å²) in [5.74, 6) is 2.39. The summed E-state index contributed by atoms with van der Waals surface area (Å²) < 4.78 is 8.25. The van der Waals surface area contributed by atoms with E-state index in [0.29, 0.717) is 24.9 Å². The zero-order valence-corrected chi connectivity index (χ0v) is 19.1. The van der Waals surface area contributed by atoms with Crippen LogP contribution in [-0.4, -0.2) is 66.4 Å². The molecule has 2 N–H and O–H groups in total. The largest absolute Gasteiger partial charge is 0.378 e. The van der Waals surface area contributed by atoms with Gasteiger partial charge < -0.3 is 15.4 Å². The Hall–Kier alpha value is -4.03. The molecule has 1 fully saturated rings. The maximum Gasteiger partial charge on any atom is 0.219 e. The molecule has 0 radical (unpaired) electrons. The van der Waals surface area contributed by atoms with Crippen LogP contribution in [0.25, 0.3) is 43.4 Å². The Morgan fingerprint density at radius 3 is 2.56 bits per heavy atom. The van der Waals surface area contributed by atoms with Crippen molar-refractivity contribution in [1.29, 1.82) is 0 Å². The highest BCUT2D eigenvalue weighted by Gasteiger charge is 2.21. The van der Waals surface area contributed by atoms with E-state index in [4.69, 9.17) is 20.4 Å². The zero-order chi connectivity index (χ0) is 23.1. The normalized spacial score (nSPS) is 14.1. The Morgan fingerprint density at radius 1 is 1.00 bits per heavy atom. The first kappa shape index (κ1) is 20.6. The van der Waals surface area contributed by atoms with Crippen LogP contribution >= 0.6 is 11.3 Å². The summed E-state index contributed by atoms with van der Waals surface area (Å²) in [4.78, 5) is 21.3. The molecule has 1 aliphatic rings. The highest BCUT2D eigenvalue weighted by molar-refractivity contribution is 7.22. The molecule has 1 saturated heterocycles. The molecular formula is C22H20N10OS. The molecule has 0 spiro atoms. The number of morpholine rings is 1. The fourth-order valence-corrected chi connectivity index (χ4v) is 5.03. The lowest BCUT2D eigenvalue weighted by atomic mass is 10.1. The van der Waals surface area contributed by atoms with Gasteiger partial charge in [-0.05, 0) is 28.1 Å². The highest BCUT2D eigenvalue weighted by atomic mass is 32.1. The van der Waals surface area contributed by atoms with Crippen LogP contribution in [-0.2, 0) is 11.8 Å². The van der Waals surface area contributed by atoms with E-state index in [0.717, 1.165) is 50.7 Å². The second-order valence-electron chi connectivity index (χ2n) is 7.83. The number of nitrogens with zero attached hydrogens (tertiary/aromatic N) is 9. The van der Waals surface area contributed by atoms with Gasteiger partial charge in [-0.2, -0.15) is 0 Å². The van der Waals surface area contributed by atoms with Crippen molar-refractivity contribution >= 4 is 33.3 Å². The molecule has 11 nitrogen and oxygen atoms in total. The van der Waals surface area contributed by atoms with Gasteiger partial charge in [-0.25, -0.2) is 24.6 Å². The predicted octanol–water partition coefficient (Wildman–Crippen LogP) is 2.42. The van der Waals surface area contributed by atoms with Crippen molar-refractivity contribution in [2.45, 2.75) is 0 Å². The Balaban J connectivity index is 1.49. The van der Waals surface area contributed by atoms with Crippen molar-refractivity contribution in [2.24, 2.45) is 7.05 Å². The highest BCUT2D eigenvalue weighted by Crippen LogP contribution is 2.39. The molecule has 170 valence electrons. The molecule has 34 heavy (non-hydrogen) atoms. The van der Waals surface area contributed by atoms with E-state index in [-0.39, 0.29) is 5.95 Å². The van der Waals surface area contributed by atoms with E-state index in [1.807, 2.05) is 19.2 Å². The summed E-state index contributed by atoms with van der Waals surface area (Å²) in [6, 6.07) is 10.3. The maximum absolute atomic E-state index is 5.67. The smallest absolute Gasteiger partial charge is 0.219 e. The molecule has 0 unspecified atom stereocenters. The lowest BCUT2D eigenvalue weighted by Crippen LogP contribution is -2.36. The number of anilines is 2. The maximum atomic E-state index is 5.67. The molecule has 0 saturated carbocycles. The van der Waals surface area contributed by atoms with Crippen LogP contribution in [0.15, 0.2) is 42.7 Å². The number of rotatable bonds is 4. The van der Waals surface area contributed by atoms with E-state index in [1.54, 1.807) is 28.4 Å². The fourth-order valence-electron chi connectivity index (χ4n) is 3.91. The van der Waals surface area contributed by atoms with Gasteiger partial charge in [0.1, 0.15) is 0 Å². The molecule has 5 heterocycles. The summed E-state index contributed by atoms with van der Waals surface area (Å²) in [7, 11) is 1.83. The predicted molar refractivity (Wildman–Crippen MR) is 129 cm³/mol. The number of benzene rings is 1. The van der Waals surface area contributed by atoms with Crippen LogP contribution in [0.2, 0.25) is 0 Å². The first-order valence-electron chi connectivity index (χ1n) is 10.7. The van der Waals surface area contributed by atoms with Gasteiger partial charge in [-0.1, -0.05) is 18.2 Å². The van der Waals surface area contributed by atoms with Gasteiger partial charge in [0.05, 0.1) is 29.0 Å². The van der Waals surface area contributed by atoms with Crippen molar-refractivity contribution < 1.29 is 4.74 Å². The summed E-state index contributed by atoms with van der Waals surface area (Å²) in [5.41, 5.74) is 9.27. The van der Waals surface area contributed by atoms with E-state index in [9.17, 15) is 0 Å². The topological polar surface area (TPSA) is 134 Å². The SMILES string of the molecule is Cn1nnnc1-c1cccc(-c2cc3nc(-c4cnc(N)nc4)nc(N4CCOCC4)c3s2)c1. The molecule has 1 aliphatic heterocycles. The minimum atomic E-state index is 0.217. The molecule has 0 amide bonds. The van der Waals surface area contributed by atoms with E-state index < -0.39 is 0 Å². The number of nitrogen functional groups attached to an aromatic ring is 1. The molecule has 0 bridgehead atoms. The average molecular weight is 473 g/mol. The summed E-state index contributed by atoms with van der Waals surface area (Å²) in [6.07, 6.45) is 3.30. The Morgan fingerprint density at radius 2 is 1.79 bits per heavy atom. The van der Waals surface area contributed by atoms with Crippen LogP contribution < -0.4 is 10.6 Å². The summed E-state index contributed by atoms with van der Waals surface area (Å²) in [6.45, 7) is 2.87. The standard InChI is InChI=1S/C22H20N10OS/c1-31-20(28-29-30-31)14-4-2-3-13(9-14)17-10-16-18(34-17)21(32-5-7-33-8-6-32)27-19(26-16)15-11-24-22(23)25-12-15/h2-4,9-12H,5-8H2,1H3,(H2,23,24,25). The number of hydrogen-bond acceptors (Lipinski definition) is 11. The minimum absolute atomic E-state index is 0.217. The number of aromatic nitrogens is 8. The molecule has 5 aromatic rings. The number of thiophene rings is 1. The molecule has 4 aromatic heterocycles. The lowest BCUT2D eigenvalue weighted by molar-refractivity contribution is 0.122. The second kappa shape index (κ2) is 8.39. The number of ether oxygens (including phenoxy) is 1. The number of fused-ring (bicyclic) bond motifs is 1. The van der Waals surface area contributed by atoms with Crippen molar-refractivity contribution in [3.8, 4) is 33.2 Å². The summed E-state index contributed by atoms with van der Waals surface area (Å²) >= 11 is 1.67. The lowest BCUT2D eigenvalue weighted by Gasteiger charge is -2.28. The third-order valence-electron chi connectivity index (χ3n) is 5.62. The van der Waals surface area contributed by atoms with Gasteiger partial charge in [-0.3, -0.25) is 0 Å². The van der Waals surface area contributed by atoms with Gasteiger partial charge in [0.25, 0.3) is 0 Å². The van der Waals surface area contributed by atoms with Crippen LogP contribution in [0.1, 0.15) is 0 Å². The molecule has 6 rings (SSSR count). The molecule has 0 atom stereocenters. The van der Waals surface area contributed by atoms with Crippen LogP contribution in [0.5, 0.6) is 0 Å². The average Bonchev–Trinajstić information content (AvgIpc) is 3.51. The van der Waals surface area contributed by atoms with Crippen molar-refractivity contribution in [1.82, 2.24) is 40.1 Å². The van der Waals surface area contributed by atoms with Crippen molar-refractivity contribution in [2.75, 3.05) is 36.9 Å².